The molecule has 8 nitrogen and oxygen atoms in total. The number of nitrogen functional groups attached to an aromatic ring is 1. The molecular formula is C31H33F5N6O2S. The third-order valence-corrected chi connectivity index (χ3v) is 10.6. The maximum absolute atomic E-state index is 16.7. The minimum absolute atomic E-state index is 0.0350. The predicted octanol–water partition coefficient (Wildman–Crippen LogP) is 6.61. The normalized spacial score (nSPS) is 21.6. The summed E-state index contributed by atoms with van der Waals surface area (Å²) in [6.07, 6.45) is 1.45. The standard InChI is InChI=1S/C31H33F5N6O2S/c32-21-6-5-18(25-26(21)45-28(37)39-25)22-20(31(34,35)36)12-19-24(23(22)33)40-29(44-15-30-7-1-9-42(30)10-2-8-30)41-27(19)38-13-16-3-4-17(11-16)14-43/h5-6,12,16-17,43H,1-4,7-11,13-15H2,(H2,37,39)(H,38,40,41). The van der Waals surface area contributed by atoms with E-state index in [4.69, 9.17) is 10.5 Å². The summed E-state index contributed by atoms with van der Waals surface area (Å²) in [6.45, 7) is 2.67. The van der Waals surface area contributed by atoms with Gasteiger partial charge in [-0.05, 0) is 88.1 Å². The number of nitrogens with two attached hydrogens (primary N) is 1. The maximum atomic E-state index is 16.7. The number of aliphatic hydroxyl groups is 1. The van der Waals surface area contributed by atoms with Crippen LogP contribution in [0, 0.1) is 23.5 Å². The van der Waals surface area contributed by atoms with Gasteiger partial charge >= 0.3 is 12.2 Å². The minimum atomic E-state index is -4.98. The number of nitrogens with one attached hydrogen (secondary N) is 1. The van der Waals surface area contributed by atoms with E-state index in [0.717, 1.165) is 87.6 Å². The number of benzene rings is 2. The Hall–Kier alpha value is -3.36. The van der Waals surface area contributed by atoms with Gasteiger partial charge < -0.3 is 20.9 Å². The SMILES string of the molecule is Nc1nc2c(-c3c(C(F)(F)F)cc4c(NCC5CCC(CO)C5)nc(OCC56CCCN5CCC6)nc4c3F)ccc(F)c2s1. The Morgan fingerprint density at radius 2 is 1.82 bits per heavy atom. The van der Waals surface area contributed by atoms with Gasteiger partial charge in [0.15, 0.2) is 10.9 Å². The van der Waals surface area contributed by atoms with Gasteiger partial charge in [0.1, 0.15) is 23.8 Å². The molecule has 2 aromatic carbocycles. The summed E-state index contributed by atoms with van der Waals surface area (Å²) in [6, 6.07) is 2.77. The first kappa shape index (κ1) is 30.3. The zero-order valence-electron chi connectivity index (χ0n) is 24.4. The first-order valence-electron chi connectivity index (χ1n) is 15.3. The van der Waals surface area contributed by atoms with E-state index in [2.05, 4.69) is 25.2 Å². The lowest BCUT2D eigenvalue weighted by Gasteiger charge is -2.31. The second kappa shape index (κ2) is 11.5. The molecule has 2 saturated heterocycles. The molecule has 1 aliphatic carbocycles. The number of hydrogen-bond donors (Lipinski definition) is 3. The number of thiazole rings is 1. The number of aromatic nitrogens is 3. The van der Waals surface area contributed by atoms with E-state index < -0.39 is 28.9 Å². The molecular weight excluding hydrogens is 615 g/mol. The van der Waals surface area contributed by atoms with Crippen molar-refractivity contribution in [1.82, 2.24) is 19.9 Å². The molecule has 240 valence electrons. The number of rotatable bonds is 8. The van der Waals surface area contributed by atoms with Crippen LogP contribution in [0.2, 0.25) is 0 Å². The van der Waals surface area contributed by atoms with Crippen LogP contribution in [0.3, 0.4) is 0 Å². The van der Waals surface area contributed by atoms with Crippen molar-refractivity contribution < 1.29 is 31.8 Å². The summed E-state index contributed by atoms with van der Waals surface area (Å²) in [4.78, 5) is 15.3. The lowest BCUT2D eigenvalue weighted by Crippen LogP contribution is -2.43. The second-order valence-electron chi connectivity index (χ2n) is 12.5. The van der Waals surface area contributed by atoms with Crippen LogP contribution in [0.1, 0.15) is 50.5 Å². The number of aliphatic hydroxyl groups excluding tert-OH is 1. The van der Waals surface area contributed by atoms with E-state index in [-0.39, 0.29) is 74.2 Å². The number of fused-ring (bicyclic) bond motifs is 3. The molecule has 2 unspecified atom stereocenters. The topological polar surface area (TPSA) is 109 Å². The van der Waals surface area contributed by atoms with E-state index in [1.54, 1.807) is 0 Å². The average Bonchev–Trinajstić information content (AvgIpc) is 3.79. The van der Waals surface area contributed by atoms with Crippen LogP contribution < -0.4 is 15.8 Å². The van der Waals surface area contributed by atoms with Crippen molar-refractivity contribution >= 4 is 43.4 Å². The number of halogens is 5. The van der Waals surface area contributed by atoms with E-state index in [1.165, 1.54) is 0 Å². The van der Waals surface area contributed by atoms with Crippen LogP contribution in [0.4, 0.5) is 32.9 Å². The molecule has 0 radical (unpaired) electrons. The summed E-state index contributed by atoms with van der Waals surface area (Å²) in [5, 5.41) is 12.5. The molecule has 4 aromatic rings. The zero-order chi connectivity index (χ0) is 31.5. The first-order chi connectivity index (χ1) is 21.6. The van der Waals surface area contributed by atoms with Crippen molar-refractivity contribution in [2.75, 3.05) is 43.9 Å². The van der Waals surface area contributed by atoms with Crippen LogP contribution in [-0.2, 0) is 6.18 Å². The summed E-state index contributed by atoms with van der Waals surface area (Å²) in [5.74, 6) is -1.59. The summed E-state index contributed by atoms with van der Waals surface area (Å²) >= 11 is 0.774. The lowest BCUT2D eigenvalue weighted by atomic mass is 9.95. The number of alkyl halides is 3. The molecule has 7 rings (SSSR count). The van der Waals surface area contributed by atoms with Gasteiger partial charge in [0.25, 0.3) is 0 Å². The highest BCUT2D eigenvalue weighted by Crippen LogP contribution is 2.46. The maximum Gasteiger partial charge on any atom is 0.417 e. The van der Waals surface area contributed by atoms with Gasteiger partial charge in [0.2, 0.25) is 0 Å². The van der Waals surface area contributed by atoms with Crippen molar-refractivity contribution in [2.24, 2.45) is 11.8 Å². The average molecular weight is 649 g/mol. The molecule has 4 N–H and O–H groups in total. The highest BCUT2D eigenvalue weighted by molar-refractivity contribution is 7.22. The second-order valence-corrected chi connectivity index (χ2v) is 13.5. The fraction of sp³-hybridized carbons (Fsp3) is 0.516. The van der Waals surface area contributed by atoms with Gasteiger partial charge in [-0.25, -0.2) is 13.8 Å². The van der Waals surface area contributed by atoms with Crippen molar-refractivity contribution in [1.29, 1.82) is 0 Å². The van der Waals surface area contributed by atoms with E-state index in [1.807, 2.05) is 0 Å². The fourth-order valence-electron chi connectivity index (χ4n) is 7.52. The Balaban J connectivity index is 1.36. The monoisotopic (exact) mass is 648 g/mol. The molecule has 4 heterocycles. The molecule has 0 spiro atoms. The molecule has 14 heteroatoms. The minimum Gasteiger partial charge on any atom is -0.461 e. The molecule has 2 atom stereocenters. The van der Waals surface area contributed by atoms with Crippen LogP contribution in [0.15, 0.2) is 18.2 Å². The van der Waals surface area contributed by atoms with E-state index in [9.17, 15) is 22.7 Å². The van der Waals surface area contributed by atoms with Gasteiger partial charge in [-0.15, -0.1) is 0 Å². The predicted molar refractivity (Wildman–Crippen MR) is 162 cm³/mol. The largest absolute Gasteiger partial charge is 0.461 e. The lowest BCUT2D eigenvalue weighted by molar-refractivity contribution is -0.137. The summed E-state index contributed by atoms with van der Waals surface area (Å²) in [5.41, 5.74) is 2.81. The molecule has 3 aliphatic rings. The molecule has 0 amide bonds. The molecule has 0 bridgehead atoms. The van der Waals surface area contributed by atoms with Crippen molar-refractivity contribution in [2.45, 2.75) is 56.7 Å². The molecule has 2 aliphatic heterocycles. The first-order valence-corrected chi connectivity index (χ1v) is 16.1. The number of anilines is 2. The highest BCUT2D eigenvalue weighted by atomic mass is 32.1. The van der Waals surface area contributed by atoms with Gasteiger partial charge in [0.05, 0.1) is 21.3 Å². The zero-order valence-corrected chi connectivity index (χ0v) is 25.2. The van der Waals surface area contributed by atoms with Crippen LogP contribution in [0.5, 0.6) is 6.01 Å². The summed E-state index contributed by atoms with van der Waals surface area (Å²) in [7, 11) is 0. The number of hydrogen-bond acceptors (Lipinski definition) is 9. The summed E-state index contributed by atoms with van der Waals surface area (Å²) < 4.78 is 81.3. The molecule has 2 aromatic heterocycles. The third kappa shape index (κ3) is 5.44. The molecule has 45 heavy (non-hydrogen) atoms. The van der Waals surface area contributed by atoms with E-state index >= 15 is 4.39 Å². The van der Waals surface area contributed by atoms with Crippen LogP contribution >= 0.6 is 11.3 Å². The van der Waals surface area contributed by atoms with Gasteiger partial charge in [-0.1, -0.05) is 11.3 Å². The molecule has 1 saturated carbocycles. The Morgan fingerprint density at radius 1 is 1.07 bits per heavy atom. The third-order valence-electron chi connectivity index (χ3n) is 9.74. The Morgan fingerprint density at radius 3 is 2.53 bits per heavy atom. The number of nitrogens with zero attached hydrogens (tertiary/aromatic N) is 4. The van der Waals surface area contributed by atoms with Gasteiger partial charge in [-0.2, -0.15) is 23.1 Å². The van der Waals surface area contributed by atoms with Crippen molar-refractivity contribution in [3.8, 4) is 17.1 Å². The fourth-order valence-corrected chi connectivity index (χ4v) is 8.28. The van der Waals surface area contributed by atoms with Gasteiger partial charge in [-0.3, -0.25) is 4.90 Å². The Labute approximate surface area is 259 Å². The van der Waals surface area contributed by atoms with Gasteiger partial charge in [0, 0.05) is 29.7 Å². The Kier molecular flexibility index (Phi) is 7.72. The van der Waals surface area contributed by atoms with Crippen LogP contribution in [0.25, 0.3) is 32.2 Å². The Bertz CT molecular complexity index is 1750. The van der Waals surface area contributed by atoms with E-state index in [0.29, 0.717) is 6.54 Å². The van der Waals surface area contributed by atoms with Crippen LogP contribution in [-0.4, -0.2) is 63.3 Å². The van der Waals surface area contributed by atoms with Crippen molar-refractivity contribution in [3.63, 3.8) is 0 Å². The highest BCUT2D eigenvalue weighted by Gasteiger charge is 2.45. The quantitative estimate of drug-likeness (QED) is 0.183. The molecule has 3 fully saturated rings. The van der Waals surface area contributed by atoms with Crippen molar-refractivity contribution in [3.05, 3.63) is 35.4 Å². The number of ether oxygens (including phenoxy) is 1. The smallest absolute Gasteiger partial charge is 0.417 e.